The molecule has 0 radical (unpaired) electrons. The third-order valence-electron chi connectivity index (χ3n) is 6.06. The first-order valence-electron chi connectivity index (χ1n) is 11.0. The van der Waals surface area contributed by atoms with Crippen LogP contribution in [-0.4, -0.2) is 46.3 Å². The molecular weight excluding hydrogens is 404 g/mol. The first-order valence-corrected chi connectivity index (χ1v) is 11.0. The number of methoxy groups -OCH3 is 2. The molecule has 0 bridgehead atoms. The van der Waals surface area contributed by atoms with Gasteiger partial charge >= 0.3 is 0 Å². The molecule has 4 rings (SSSR count). The summed E-state index contributed by atoms with van der Waals surface area (Å²) in [4.78, 5) is 19.9. The van der Waals surface area contributed by atoms with Crippen molar-refractivity contribution in [3.05, 3.63) is 65.2 Å². The Morgan fingerprint density at radius 3 is 2.62 bits per heavy atom. The maximum atomic E-state index is 13.5. The lowest BCUT2D eigenvalue weighted by molar-refractivity contribution is 0.0721. The Labute approximate surface area is 189 Å². The van der Waals surface area contributed by atoms with Gasteiger partial charge in [0.2, 0.25) is 5.82 Å². The number of aryl methyl sites for hydroxylation is 1. The monoisotopic (exact) mass is 434 g/mol. The second-order valence-electron chi connectivity index (χ2n) is 8.37. The lowest BCUT2D eigenvalue weighted by Crippen LogP contribution is -2.31. The number of amides is 1. The maximum absolute atomic E-state index is 13.5. The highest BCUT2D eigenvalue weighted by Crippen LogP contribution is 2.39. The number of benzene rings is 2. The van der Waals surface area contributed by atoms with Crippen molar-refractivity contribution in [3.63, 3.8) is 0 Å². The summed E-state index contributed by atoms with van der Waals surface area (Å²) in [5.41, 5.74) is 3.10. The molecule has 1 amide bonds. The van der Waals surface area contributed by atoms with Gasteiger partial charge in [0.25, 0.3) is 5.91 Å². The second-order valence-corrected chi connectivity index (χ2v) is 8.37. The summed E-state index contributed by atoms with van der Waals surface area (Å²) in [7, 11) is 3.26. The van der Waals surface area contributed by atoms with Gasteiger partial charge in [-0.2, -0.15) is 0 Å². The number of carbonyl (C=O) groups excluding carboxylic acids is 1. The second kappa shape index (κ2) is 9.02. The van der Waals surface area contributed by atoms with E-state index >= 15 is 0 Å². The van der Waals surface area contributed by atoms with Crippen molar-refractivity contribution in [2.45, 2.75) is 45.6 Å². The Morgan fingerprint density at radius 2 is 1.91 bits per heavy atom. The standard InChI is InChI=1S/C25H30N4O3/c1-16(2)19-9-6-7-10-22(19)29-17(3)26-24(27-29)25(30)28-14-8-11-21(28)20-13-12-18(31-4)15-23(20)32-5/h6-7,9-10,12-13,15-16,21H,8,11,14H2,1-5H3. The van der Waals surface area contributed by atoms with Gasteiger partial charge in [-0.1, -0.05) is 32.0 Å². The summed E-state index contributed by atoms with van der Waals surface area (Å²) in [6.45, 7) is 6.84. The smallest absolute Gasteiger partial charge is 0.294 e. The largest absolute Gasteiger partial charge is 0.497 e. The van der Waals surface area contributed by atoms with Crippen molar-refractivity contribution in [1.82, 2.24) is 19.7 Å². The Bertz CT molecular complexity index is 1120. The topological polar surface area (TPSA) is 69.5 Å². The van der Waals surface area contributed by atoms with Crippen LogP contribution >= 0.6 is 0 Å². The summed E-state index contributed by atoms with van der Waals surface area (Å²) in [6, 6.07) is 13.8. The number of hydrogen-bond donors (Lipinski definition) is 0. The number of ether oxygens (including phenoxy) is 2. The van der Waals surface area contributed by atoms with Gasteiger partial charge in [-0.3, -0.25) is 4.79 Å². The van der Waals surface area contributed by atoms with Crippen molar-refractivity contribution >= 4 is 5.91 Å². The van der Waals surface area contributed by atoms with Gasteiger partial charge in [0.15, 0.2) is 0 Å². The average Bonchev–Trinajstić information content (AvgIpc) is 3.45. The number of likely N-dealkylation sites (tertiary alicyclic amines) is 1. The third kappa shape index (κ3) is 3.95. The van der Waals surface area contributed by atoms with E-state index in [9.17, 15) is 4.79 Å². The van der Waals surface area contributed by atoms with Crippen LogP contribution < -0.4 is 9.47 Å². The fourth-order valence-corrected chi connectivity index (χ4v) is 4.43. The van der Waals surface area contributed by atoms with E-state index in [-0.39, 0.29) is 17.8 Å². The molecule has 1 saturated heterocycles. The summed E-state index contributed by atoms with van der Waals surface area (Å²) in [6.07, 6.45) is 1.78. The van der Waals surface area contributed by atoms with Crippen molar-refractivity contribution in [3.8, 4) is 17.2 Å². The number of hydrogen-bond acceptors (Lipinski definition) is 5. The Balaban J connectivity index is 1.66. The van der Waals surface area contributed by atoms with Crippen molar-refractivity contribution in [2.24, 2.45) is 0 Å². The zero-order valence-electron chi connectivity index (χ0n) is 19.3. The molecule has 7 heteroatoms. The molecule has 1 fully saturated rings. The maximum Gasteiger partial charge on any atom is 0.294 e. The van der Waals surface area contributed by atoms with Crippen molar-refractivity contribution in [1.29, 1.82) is 0 Å². The zero-order valence-corrected chi connectivity index (χ0v) is 19.3. The molecule has 1 aliphatic heterocycles. The molecule has 7 nitrogen and oxygen atoms in total. The molecule has 2 aromatic carbocycles. The molecule has 1 aromatic heterocycles. The highest BCUT2D eigenvalue weighted by atomic mass is 16.5. The number of carbonyl (C=O) groups is 1. The van der Waals surface area contributed by atoms with E-state index in [0.29, 0.717) is 18.3 Å². The van der Waals surface area contributed by atoms with E-state index in [0.717, 1.165) is 35.6 Å². The minimum Gasteiger partial charge on any atom is -0.497 e. The predicted octanol–water partition coefficient (Wildman–Crippen LogP) is 4.69. The van der Waals surface area contributed by atoms with Crippen LogP contribution in [0.25, 0.3) is 5.69 Å². The summed E-state index contributed by atoms with van der Waals surface area (Å²) < 4.78 is 12.7. The highest BCUT2D eigenvalue weighted by Gasteiger charge is 2.34. The van der Waals surface area contributed by atoms with Gasteiger partial charge < -0.3 is 14.4 Å². The fourth-order valence-electron chi connectivity index (χ4n) is 4.43. The van der Waals surface area contributed by atoms with Gasteiger partial charge in [0.1, 0.15) is 17.3 Å². The molecule has 168 valence electrons. The zero-order chi connectivity index (χ0) is 22.8. The van der Waals surface area contributed by atoms with E-state index in [1.165, 1.54) is 5.56 Å². The Hall–Kier alpha value is -3.35. The lowest BCUT2D eigenvalue weighted by atomic mass is 10.0. The Kier molecular flexibility index (Phi) is 6.17. The molecule has 3 aromatic rings. The van der Waals surface area contributed by atoms with E-state index in [4.69, 9.17) is 9.47 Å². The van der Waals surface area contributed by atoms with Crippen molar-refractivity contribution < 1.29 is 14.3 Å². The number of rotatable bonds is 6. The predicted molar refractivity (Wildman–Crippen MR) is 123 cm³/mol. The SMILES string of the molecule is COc1ccc(C2CCCN2C(=O)c2nc(C)n(-c3ccccc3C(C)C)n2)c(OC)c1. The van der Waals surface area contributed by atoms with E-state index < -0.39 is 0 Å². The molecule has 0 saturated carbocycles. The van der Waals surface area contributed by atoms with Crippen LogP contribution in [-0.2, 0) is 0 Å². The minimum atomic E-state index is -0.158. The van der Waals surface area contributed by atoms with Crippen LogP contribution in [0, 0.1) is 6.92 Å². The first-order chi connectivity index (χ1) is 15.4. The van der Waals surface area contributed by atoms with E-state index in [1.807, 2.05) is 48.2 Å². The van der Waals surface area contributed by atoms with Crippen LogP contribution in [0.3, 0.4) is 0 Å². The number of nitrogens with zero attached hydrogens (tertiary/aromatic N) is 4. The fraction of sp³-hybridized carbons (Fsp3) is 0.400. The Morgan fingerprint density at radius 1 is 1.12 bits per heavy atom. The minimum absolute atomic E-state index is 0.0847. The number of aromatic nitrogens is 3. The summed E-state index contributed by atoms with van der Waals surface area (Å²) in [5.74, 6) is 2.53. The lowest BCUT2D eigenvalue weighted by Gasteiger charge is -2.25. The van der Waals surface area contributed by atoms with E-state index in [1.54, 1.807) is 18.9 Å². The van der Waals surface area contributed by atoms with Crippen LogP contribution in [0.2, 0.25) is 0 Å². The van der Waals surface area contributed by atoms with Crippen LogP contribution in [0.1, 0.15) is 66.2 Å². The van der Waals surface area contributed by atoms with Gasteiger partial charge in [-0.15, -0.1) is 5.10 Å². The molecule has 1 unspecified atom stereocenters. The first kappa shape index (κ1) is 21.9. The summed E-state index contributed by atoms with van der Waals surface area (Å²) in [5, 5.41) is 4.63. The molecule has 1 atom stereocenters. The quantitative estimate of drug-likeness (QED) is 0.563. The van der Waals surface area contributed by atoms with Crippen LogP contribution in [0.5, 0.6) is 11.5 Å². The van der Waals surface area contributed by atoms with E-state index in [2.05, 4.69) is 30.0 Å². The van der Waals surface area contributed by atoms with Crippen LogP contribution in [0.4, 0.5) is 0 Å². The van der Waals surface area contributed by atoms with Gasteiger partial charge in [-0.25, -0.2) is 9.67 Å². The van der Waals surface area contributed by atoms with Gasteiger partial charge in [0.05, 0.1) is 25.9 Å². The third-order valence-corrected chi connectivity index (χ3v) is 6.06. The van der Waals surface area contributed by atoms with Crippen LogP contribution in [0.15, 0.2) is 42.5 Å². The number of para-hydroxylation sites is 1. The molecule has 0 spiro atoms. The van der Waals surface area contributed by atoms with Crippen molar-refractivity contribution in [2.75, 3.05) is 20.8 Å². The molecule has 32 heavy (non-hydrogen) atoms. The average molecular weight is 435 g/mol. The van der Waals surface area contributed by atoms with Gasteiger partial charge in [-0.05, 0) is 49.4 Å². The molecule has 0 aliphatic carbocycles. The molecule has 2 heterocycles. The molecule has 1 aliphatic rings. The highest BCUT2D eigenvalue weighted by molar-refractivity contribution is 5.91. The van der Waals surface area contributed by atoms with Gasteiger partial charge in [0, 0.05) is 18.2 Å². The molecule has 0 N–H and O–H groups in total. The molecular formula is C25H30N4O3. The normalized spacial score (nSPS) is 15.9. The summed E-state index contributed by atoms with van der Waals surface area (Å²) >= 11 is 0.